The molecule has 3 rings (SSSR count). The van der Waals surface area contributed by atoms with Crippen molar-refractivity contribution in [3.8, 4) is 5.88 Å². The van der Waals surface area contributed by atoms with Crippen LogP contribution in [0.5, 0.6) is 5.88 Å². The lowest BCUT2D eigenvalue weighted by Crippen LogP contribution is -2.40. The van der Waals surface area contributed by atoms with E-state index in [2.05, 4.69) is 9.71 Å². The Bertz CT molecular complexity index is 832. The van der Waals surface area contributed by atoms with E-state index in [-0.39, 0.29) is 23.5 Å². The summed E-state index contributed by atoms with van der Waals surface area (Å²) in [5, 5.41) is 0. The van der Waals surface area contributed by atoms with Gasteiger partial charge in [0.2, 0.25) is 15.9 Å². The van der Waals surface area contributed by atoms with Crippen LogP contribution in [0, 0.1) is 12.7 Å². The summed E-state index contributed by atoms with van der Waals surface area (Å²) < 4.78 is 46.8. The van der Waals surface area contributed by atoms with Crippen molar-refractivity contribution in [3.05, 3.63) is 59.5 Å². The van der Waals surface area contributed by atoms with Crippen LogP contribution in [-0.4, -0.2) is 25.5 Å². The molecule has 0 aliphatic heterocycles. The Morgan fingerprint density at radius 3 is 2.54 bits per heavy atom. The van der Waals surface area contributed by atoms with Gasteiger partial charge in [0.15, 0.2) is 0 Å². The lowest BCUT2D eigenvalue weighted by Gasteiger charge is -2.29. The number of aromatic nitrogens is 1. The smallest absolute Gasteiger partial charge is 0.216 e. The van der Waals surface area contributed by atoms with E-state index in [4.69, 9.17) is 4.74 Å². The number of ether oxygens (including phenoxy) is 1. The van der Waals surface area contributed by atoms with Gasteiger partial charge in [0.05, 0.1) is 5.75 Å². The van der Waals surface area contributed by atoms with E-state index in [9.17, 15) is 12.8 Å². The number of sulfonamides is 1. The minimum atomic E-state index is -3.58. The zero-order chi connectivity index (χ0) is 18.6. The van der Waals surface area contributed by atoms with E-state index < -0.39 is 15.8 Å². The average Bonchev–Trinajstić information content (AvgIpc) is 2.60. The van der Waals surface area contributed by atoms with Gasteiger partial charge in [-0.25, -0.2) is 22.5 Å². The van der Waals surface area contributed by atoms with Gasteiger partial charge >= 0.3 is 0 Å². The van der Waals surface area contributed by atoms with Gasteiger partial charge in [0.25, 0.3) is 0 Å². The summed E-state index contributed by atoms with van der Waals surface area (Å²) in [5.41, 5.74) is 1.26. The first-order valence-corrected chi connectivity index (χ1v) is 10.4. The molecule has 0 spiro atoms. The van der Waals surface area contributed by atoms with E-state index in [0.29, 0.717) is 18.7 Å². The van der Waals surface area contributed by atoms with Crippen molar-refractivity contribution in [2.24, 2.45) is 0 Å². The van der Waals surface area contributed by atoms with Crippen molar-refractivity contribution in [1.82, 2.24) is 9.71 Å². The van der Waals surface area contributed by atoms with Crippen LogP contribution in [0.1, 0.15) is 36.8 Å². The monoisotopic (exact) mass is 378 g/mol. The predicted octanol–water partition coefficient (Wildman–Crippen LogP) is 3.34. The Labute approximate surface area is 153 Å². The first-order chi connectivity index (χ1) is 12.4. The number of pyridine rings is 1. The second kappa shape index (κ2) is 8.14. The lowest BCUT2D eigenvalue weighted by atomic mass is 9.94. The maximum absolute atomic E-state index is 13.7. The minimum Gasteiger partial charge on any atom is -0.474 e. The largest absolute Gasteiger partial charge is 0.474 e. The predicted molar refractivity (Wildman–Crippen MR) is 97.8 cm³/mol. The molecule has 1 heterocycles. The number of rotatable bonds is 6. The fourth-order valence-corrected chi connectivity index (χ4v) is 4.58. The minimum absolute atomic E-state index is 0.0394. The second-order valence-electron chi connectivity index (χ2n) is 6.73. The Balaban J connectivity index is 1.50. The standard InChI is InChI=1S/C19H23FN2O3S/c1-14-6-11-19(21-12-14)25-17-9-7-16(8-10-17)22-26(23,24)13-15-4-2-3-5-18(15)20/h2-6,11-12,16-17,22H,7-10,13H2,1H3. The first kappa shape index (κ1) is 18.8. The summed E-state index contributed by atoms with van der Waals surface area (Å²) >= 11 is 0. The number of hydrogen-bond donors (Lipinski definition) is 1. The van der Waals surface area contributed by atoms with E-state index in [0.717, 1.165) is 18.4 Å². The number of benzene rings is 1. The summed E-state index contributed by atoms with van der Waals surface area (Å²) in [7, 11) is -3.58. The molecule has 1 aromatic carbocycles. The van der Waals surface area contributed by atoms with Crippen molar-refractivity contribution in [3.63, 3.8) is 0 Å². The van der Waals surface area contributed by atoms with Crippen LogP contribution in [0.4, 0.5) is 4.39 Å². The molecular weight excluding hydrogens is 355 g/mol. The molecular formula is C19H23FN2O3S. The topological polar surface area (TPSA) is 68.3 Å². The van der Waals surface area contributed by atoms with Gasteiger partial charge in [-0.05, 0) is 44.2 Å². The molecule has 0 saturated heterocycles. The number of halogens is 1. The van der Waals surface area contributed by atoms with Crippen molar-refractivity contribution < 1.29 is 17.5 Å². The van der Waals surface area contributed by atoms with Crippen LogP contribution in [0.2, 0.25) is 0 Å². The van der Waals surface area contributed by atoms with Gasteiger partial charge in [-0.3, -0.25) is 0 Å². The molecule has 1 aliphatic carbocycles. The highest BCUT2D eigenvalue weighted by atomic mass is 32.2. The summed E-state index contributed by atoms with van der Waals surface area (Å²) in [4.78, 5) is 4.24. The van der Waals surface area contributed by atoms with E-state index in [1.54, 1.807) is 18.3 Å². The van der Waals surface area contributed by atoms with Crippen molar-refractivity contribution in [1.29, 1.82) is 0 Å². The normalized spacial score (nSPS) is 20.7. The highest BCUT2D eigenvalue weighted by Gasteiger charge is 2.26. The van der Waals surface area contributed by atoms with Crippen LogP contribution in [0.15, 0.2) is 42.6 Å². The fraction of sp³-hybridized carbons (Fsp3) is 0.421. The van der Waals surface area contributed by atoms with Gasteiger partial charge < -0.3 is 4.74 Å². The molecule has 1 saturated carbocycles. The molecule has 1 aromatic heterocycles. The summed E-state index contributed by atoms with van der Waals surface area (Å²) in [6.45, 7) is 1.97. The number of hydrogen-bond acceptors (Lipinski definition) is 4. The molecule has 1 aliphatic rings. The van der Waals surface area contributed by atoms with Crippen LogP contribution < -0.4 is 9.46 Å². The van der Waals surface area contributed by atoms with Gasteiger partial charge in [0, 0.05) is 23.9 Å². The maximum Gasteiger partial charge on any atom is 0.216 e. The van der Waals surface area contributed by atoms with Crippen molar-refractivity contribution >= 4 is 10.0 Å². The van der Waals surface area contributed by atoms with Gasteiger partial charge in [-0.2, -0.15) is 0 Å². The first-order valence-electron chi connectivity index (χ1n) is 8.74. The number of aryl methyl sites for hydroxylation is 1. The third kappa shape index (κ3) is 5.25. The molecule has 1 N–H and O–H groups in total. The quantitative estimate of drug-likeness (QED) is 0.837. The van der Waals surface area contributed by atoms with Crippen molar-refractivity contribution in [2.75, 3.05) is 0 Å². The molecule has 0 unspecified atom stereocenters. The molecule has 7 heteroatoms. The van der Waals surface area contributed by atoms with E-state index >= 15 is 0 Å². The Morgan fingerprint density at radius 2 is 1.88 bits per heavy atom. The Kier molecular flexibility index (Phi) is 5.88. The van der Waals surface area contributed by atoms with E-state index in [1.165, 1.54) is 12.1 Å². The zero-order valence-electron chi connectivity index (χ0n) is 14.7. The third-order valence-electron chi connectivity index (χ3n) is 4.50. The van der Waals surface area contributed by atoms with Crippen LogP contribution in [0.3, 0.4) is 0 Å². The van der Waals surface area contributed by atoms with E-state index in [1.807, 2.05) is 19.1 Å². The number of nitrogens with one attached hydrogen (secondary N) is 1. The molecule has 1 fully saturated rings. The van der Waals surface area contributed by atoms with Gasteiger partial charge in [0.1, 0.15) is 11.9 Å². The summed E-state index contributed by atoms with van der Waals surface area (Å²) in [6, 6.07) is 9.60. The molecule has 140 valence electrons. The molecule has 0 radical (unpaired) electrons. The third-order valence-corrected chi connectivity index (χ3v) is 5.88. The maximum atomic E-state index is 13.7. The molecule has 0 amide bonds. The van der Waals surface area contributed by atoms with Crippen molar-refractivity contribution in [2.45, 2.75) is 50.5 Å². The molecule has 5 nitrogen and oxygen atoms in total. The number of nitrogens with zero attached hydrogens (tertiary/aromatic N) is 1. The van der Waals surface area contributed by atoms with Crippen LogP contribution >= 0.6 is 0 Å². The second-order valence-corrected chi connectivity index (χ2v) is 8.49. The fourth-order valence-electron chi connectivity index (χ4n) is 3.11. The highest BCUT2D eigenvalue weighted by Crippen LogP contribution is 2.24. The van der Waals surface area contributed by atoms with Crippen LogP contribution in [-0.2, 0) is 15.8 Å². The van der Waals surface area contributed by atoms with Gasteiger partial charge in [-0.15, -0.1) is 0 Å². The molecule has 0 atom stereocenters. The Morgan fingerprint density at radius 1 is 1.15 bits per heavy atom. The average molecular weight is 378 g/mol. The van der Waals surface area contributed by atoms with Gasteiger partial charge in [-0.1, -0.05) is 24.3 Å². The summed E-state index contributed by atoms with van der Waals surface area (Å²) in [6.07, 6.45) is 4.68. The Hall–Kier alpha value is -1.99. The molecule has 2 aromatic rings. The lowest BCUT2D eigenvalue weighted by molar-refractivity contribution is 0.138. The zero-order valence-corrected chi connectivity index (χ0v) is 15.5. The highest BCUT2D eigenvalue weighted by molar-refractivity contribution is 7.88. The molecule has 26 heavy (non-hydrogen) atoms. The molecule has 0 bridgehead atoms. The summed E-state index contributed by atoms with van der Waals surface area (Å²) in [5.74, 6) is -0.247. The SMILES string of the molecule is Cc1ccc(OC2CCC(NS(=O)(=O)Cc3ccccc3F)CC2)nc1. The van der Waals surface area contributed by atoms with Crippen LogP contribution in [0.25, 0.3) is 0 Å².